The standard InChI is InChI=1S/C26H40O7/c1-7-20(31-17(5)28)25(30)33-26(6)11-10-19(29)15(3)12-21-22-14(2)8-9-18(16(4)13-27)23(22)24(26)32-21/h16,18-24,27,29H,2-3,7-13H2,1,4-6H3/t16-,18+,19-,20+,21+,22+,23+,24+,26+/m0/s1. The zero-order chi connectivity index (χ0) is 24.5. The third-order valence-electron chi connectivity index (χ3n) is 8.00. The Hall–Kier alpha value is -1.70. The largest absolute Gasteiger partial charge is 0.454 e. The molecule has 2 saturated heterocycles. The predicted octanol–water partition coefficient (Wildman–Crippen LogP) is 3.33. The number of rotatable bonds is 6. The van der Waals surface area contributed by atoms with Gasteiger partial charge in [-0.05, 0) is 62.9 Å². The first-order valence-electron chi connectivity index (χ1n) is 12.2. The van der Waals surface area contributed by atoms with Crippen LogP contribution in [0, 0.1) is 23.7 Å². The van der Waals surface area contributed by atoms with Gasteiger partial charge in [-0.15, -0.1) is 0 Å². The topological polar surface area (TPSA) is 102 Å². The number of carbonyl (C=O) groups is 2. The summed E-state index contributed by atoms with van der Waals surface area (Å²) < 4.78 is 17.9. The fourth-order valence-electron chi connectivity index (χ4n) is 6.13. The Bertz CT molecular complexity index is 777. The molecule has 2 aliphatic heterocycles. The third-order valence-corrected chi connectivity index (χ3v) is 8.00. The van der Waals surface area contributed by atoms with Crippen molar-refractivity contribution in [2.75, 3.05) is 6.61 Å². The Morgan fingerprint density at radius 1 is 1.27 bits per heavy atom. The summed E-state index contributed by atoms with van der Waals surface area (Å²) in [5, 5.41) is 20.7. The van der Waals surface area contributed by atoms with Crippen LogP contribution in [0.5, 0.6) is 0 Å². The molecule has 0 aromatic carbocycles. The second-order valence-electron chi connectivity index (χ2n) is 10.4. The molecule has 2 N–H and O–H groups in total. The molecule has 0 amide bonds. The van der Waals surface area contributed by atoms with Crippen molar-refractivity contribution in [3.8, 4) is 0 Å². The molecule has 9 atom stereocenters. The highest BCUT2D eigenvalue weighted by Gasteiger charge is 2.59. The zero-order valence-corrected chi connectivity index (χ0v) is 20.4. The van der Waals surface area contributed by atoms with E-state index < -0.39 is 35.9 Å². The smallest absolute Gasteiger partial charge is 0.348 e. The highest BCUT2D eigenvalue weighted by molar-refractivity contribution is 5.78. The van der Waals surface area contributed by atoms with Gasteiger partial charge in [-0.1, -0.05) is 32.6 Å². The minimum Gasteiger partial charge on any atom is -0.454 e. The molecule has 3 fully saturated rings. The van der Waals surface area contributed by atoms with Crippen LogP contribution in [0.4, 0.5) is 0 Å². The van der Waals surface area contributed by atoms with Crippen LogP contribution in [-0.2, 0) is 23.8 Å². The molecule has 186 valence electrons. The number of carbonyl (C=O) groups excluding carboxylic acids is 2. The highest BCUT2D eigenvalue weighted by Crippen LogP contribution is 2.55. The van der Waals surface area contributed by atoms with Gasteiger partial charge >= 0.3 is 11.9 Å². The Labute approximate surface area is 197 Å². The first-order chi connectivity index (χ1) is 15.5. The van der Waals surface area contributed by atoms with E-state index in [0.29, 0.717) is 31.3 Å². The van der Waals surface area contributed by atoms with Crippen LogP contribution < -0.4 is 0 Å². The fraction of sp³-hybridized carbons (Fsp3) is 0.769. The second-order valence-corrected chi connectivity index (χ2v) is 10.4. The van der Waals surface area contributed by atoms with E-state index >= 15 is 0 Å². The minimum absolute atomic E-state index is 0.0213. The summed E-state index contributed by atoms with van der Waals surface area (Å²) in [6.07, 6.45) is 0.988. The molecule has 3 rings (SSSR count). The Balaban J connectivity index is 2.01. The van der Waals surface area contributed by atoms with Gasteiger partial charge in [0.2, 0.25) is 0 Å². The molecule has 2 bridgehead atoms. The molecular weight excluding hydrogens is 424 g/mol. The first-order valence-corrected chi connectivity index (χ1v) is 12.2. The summed E-state index contributed by atoms with van der Waals surface area (Å²) in [6, 6.07) is 0. The molecule has 0 aromatic rings. The Kier molecular flexibility index (Phi) is 8.07. The Morgan fingerprint density at radius 2 is 1.97 bits per heavy atom. The molecule has 0 aromatic heterocycles. The van der Waals surface area contributed by atoms with E-state index in [0.717, 1.165) is 18.4 Å². The molecule has 33 heavy (non-hydrogen) atoms. The maximum Gasteiger partial charge on any atom is 0.348 e. The fourth-order valence-corrected chi connectivity index (χ4v) is 6.13. The van der Waals surface area contributed by atoms with Crippen molar-refractivity contribution in [3.05, 3.63) is 24.3 Å². The second kappa shape index (κ2) is 10.3. The molecular formula is C26H40O7. The molecule has 0 unspecified atom stereocenters. The van der Waals surface area contributed by atoms with Gasteiger partial charge < -0.3 is 24.4 Å². The Morgan fingerprint density at radius 3 is 2.58 bits per heavy atom. The molecule has 3 aliphatic rings. The minimum atomic E-state index is -1.04. The van der Waals surface area contributed by atoms with Crippen molar-refractivity contribution >= 4 is 11.9 Å². The molecule has 1 aliphatic carbocycles. The summed E-state index contributed by atoms with van der Waals surface area (Å²) in [7, 11) is 0. The van der Waals surface area contributed by atoms with Crippen LogP contribution >= 0.6 is 0 Å². The molecule has 2 heterocycles. The molecule has 7 nitrogen and oxygen atoms in total. The van der Waals surface area contributed by atoms with Gasteiger partial charge in [0.25, 0.3) is 0 Å². The third kappa shape index (κ3) is 5.20. The van der Waals surface area contributed by atoms with Gasteiger partial charge in [-0.25, -0.2) is 4.79 Å². The van der Waals surface area contributed by atoms with E-state index in [1.807, 2.05) is 13.8 Å². The van der Waals surface area contributed by atoms with Crippen LogP contribution in [-0.4, -0.2) is 58.8 Å². The van der Waals surface area contributed by atoms with Gasteiger partial charge in [0.15, 0.2) is 6.10 Å². The van der Waals surface area contributed by atoms with E-state index in [1.54, 1.807) is 6.92 Å². The predicted molar refractivity (Wildman–Crippen MR) is 123 cm³/mol. The van der Waals surface area contributed by atoms with E-state index in [1.165, 1.54) is 6.92 Å². The lowest BCUT2D eigenvalue weighted by Gasteiger charge is -2.45. The summed E-state index contributed by atoms with van der Waals surface area (Å²) in [4.78, 5) is 24.6. The number of esters is 2. The van der Waals surface area contributed by atoms with Crippen LogP contribution in [0.2, 0.25) is 0 Å². The first kappa shape index (κ1) is 25.9. The van der Waals surface area contributed by atoms with Crippen LogP contribution in [0.3, 0.4) is 0 Å². The average molecular weight is 465 g/mol. The average Bonchev–Trinajstić information content (AvgIpc) is 3.16. The highest BCUT2D eigenvalue weighted by atomic mass is 16.6. The van der Waals surface area contributed by atoms with E-state index in [9.17, 15) is 19.8 Å². The van der Waals surface area contributed by atoms with Crippen LogP contribution in [0.1, 0.15) is 66.2 Å². The molecule has 0 radical (unpaired) electrons. The van der Waals surface area contributed by atoms with Gasteiger partial charge in [0.05, 0.1) is 12.2 Å². The van der Waals surface area contributed by atoms with Gasteiger partial charge in [0.1, 0.15) is 11.7 Å². The van der Waals surface area contributed by atoms with Crippen molar-refractivity contribution in [2.45, 2.75) is 96.2 Å². The van der Waals surface area contributed by atoms with Crippen LogP contribution in [0.25, 0.3) is 0 Å². The van der Waals surface area contributed by atoms with Crippen molar-refractivity contribution in [1.82, 2.24) is 0 Å². The summed E-state index contributed by atoms with van der Waals surface area (Å²) in [5.41, 5.74) is 0.780. The number of ether oxygens (including phenoxy) is 3. The van der Waals surface area contributed by atoms with Crippen LogP contribution in [0.15, 0.2) is 24.3 Å². The maximum absolute atomic E-state index is 13.1. The summed E-state index contributed by atoms with van der Waals surface area (Å²) >= 11 is 0. The van der Waals surface area contributed by atoms with Gasteiger partial charge in [-0.3, -0.25) is 4.79 Å². The maximum atomic E-state index is 13.1. The van der Waals surface area contributed by atoms with Gasteiger partial charge in [0, 0.05) is 25.4 Å². The molecule has 1 saturated carbocycles. The molecule has 7 heteroatoms. The number of aliphatic hydroxyl groups is 2. The monoisotopic (exact) mass is 464 g/mol. The normalized spacial score (nSPS) is 38.4. The van der Waals surface area contributed by atoms with E-state index in [2.05, 4.69) is 13.2 Å². The quantitative estimate of drug-likeness (QED) is 0.459. The summed E-state index contributed by atoms with van der Waals surface area (Å²) in [6.45, 7) is 15.5. The summed E-state index contributed by atoms with van der Waals surface area (Å²) in [5.74, 6) is -0.829. The number of fused-ring (bicyclic) bond motifs is 5. The van der Waals surface area contributed by atoms with Crippen molar-refractivity contribution in [3.63, 3.8) is 0 Å². The van der Waals surface area contributed by atoms with Crippen molar-refractivity contribution in [2.24, 2.45) is 23.7 Å². The number of aliphatic hydroxyl groups excluding tert-OH is 2. The van der Waals surface area contributed by atoms with Gasteiger partial charge in [-0.2, -0.15) is 0 Å². The lowest BCUT2D eigenvalue weighted by atomic mass is 9.61. The number of hydrogen-bond acceptors (Lipinski definition) is 7. The number of hydrogen-bond donors (Lipinski definition) is 2. The van der Waals surface area contributed by atoms with E-state index in [-0.39, 0.29) is 36.4 Å². The van der Waals surface area contributed by atoms with Crippen molar-refractivity contribution in [1.29, 1.82) is 0 Å². The SMILES string of the molecule is C=C1CC[C@H]([C@@H](C)CO)[C@@H]2[C@H]1[C@H]1CC(=C)[C@@H](O)CC[C@@](C)(OC(=O)[C@@H](CC)OC(C)=O)[C@@H]2O1. The lowest BCUT2D eigenvalue weighted by molar-refractivity contribution is -0.195. The molecule has 0 spiro atoms. The van der Waals surface area contributed by atoms with E-state index in [4.69, 9.17) is 14.2 Å². The zero-order valence-electron chi connectivity index (χ0n) is 20.4. The van der Waals surface area contributed by atoms with Crippen molar-refractivity contribution < 1.29 is 34.0 Å². The lowest BCUT2D eigenvalue weighted by Crippen LogP contribution is -2.52.